The zero-order chi connectivity index (χ0) is 30.5. The molecule has 0 unspecified atom stereocenters. The molecule has 3 nitrogen and oxygen atoms in total. The molecule has 0 amide bonds. The molecule has 3 aromatic carbocycles. The number of rotatable bonds is 2. The van der Waals surface area contributed by atoms with Gasteiger partial charge in [0.05, 0.1) is 5.58 Å². The quantitative estimate of drug-likeness (QED) is 0.164. The molecule has 4 heterocycles. The number of furan rings is 1. The summed E-state index contributed by atoms with van der Waals surface area (Å²) in [5.74, 6) is 0. The molecular weight excluding hydrogens is 737 g/mol. The molecule has 0 atom stereocenters. The van der Waals surface area contributed by atoms with Crippen LogP contribution in [0, 0.1) is 46.8 Å². The number of nitrogens with zero attached hydrogens (tertiary/aromatic N) is 2. The number of pyridine rings is 2. The number of fused-ring (bicyclic) bond motifs is 4. The fourth-order valence-corrected chi connectivity index (χ4v) is 6.43. The van der Waals surface area contributed by atoms with E-state index in [1.807, 2.05) is 24.5 Å². The summed E-state index contributed by atoms with van der Waals surface area (Å²) < 4.78 is 7.61. The standard InChI is InChI=1S/C25H22NOS.C14H14N.Ir/c1-14-13-26-21(11-20(14)25(3,4)5)18-8-6-7-17-19-10-16-9-15(2)28-23(16)12-22(19)27-24(17)18;1-10-4-6-13(7-5-10)14-8-11(2)12(3)9-15-14;/h6-7,9-13H,1-5H3;4-6,8-9H,1-3H3;/q2*-1;. The van der Waals surface area contributed by atoms with Gasteiger partial charge in [-0.3, -0.25) is 0 Å². The van der Waals surface area contributed by atoms with Crippen LogP contribution in [0.1, 0.15) is 53.5 Å². The third-order valence-corrected chi connectivity index (χ3v) is 8.99. The molecule has 0 bridgehead atoms. The van der Waals surface area contributed by atoms with Crippen LogP contribution in [0.5, 0.6) is 0 Å². The first-order valence-corrected chi connectivity index (χ1v) is 15.5. The number of thiophene rings is 1. The third-order valence-electron chi connectivity index (χ3n) is 7.98. The Morgan fingerprint density at radius 1 is 0.750 bits per heavy atom. The molecule has 7 aromatic rings. The van der Waals surface area contributed by atoms with Gasteiger partial charge in [0.25, 0.3) is 0 Å². The minimum absolute atomic E-state index is 0. The van der Waals surface area contributed by atoms with E-state index < -0.39 is 0 Å². The van der Waals surface area contributed by atoms with Gasteiger partial charge in [-0.25, -0.2) is 0 Å². The normalized spacial score (nSPS) is 11.5. The first-order valence-electron chi connectivity index (χ1n) is 14.6. The van der Waals surface area contributed by atoms with Crippen molar-refractivity contribution in [2.45, 2.75) is 60.8 Å². The maximum absolute atomic E-state index is 6.35. The number of aromatic nitrogens is 2. The Morgan fingerprint density at radius 2 is 1.50 bits per heavy atom. The van der Waals surface area contributed by atoms with Crippen molar-refractivity contribution in [2.24, 2.45) is 0 Å². The summed E-state index contributed by atoms with van der Waals surface area (Å²) in [4.78, 5) is 10.4. The van der Waals surface area contributed by atoms with Crippen LogP contribution >= 0.6 is 11.3 Å². The Morgan fingerprint density at radius 3 is 2.20 bits per heavy atom. The van der Waals surface area contributed by atoms with Crippen molar-refractivity contribution >= 4 is 43.4 Å². The predicted octanol–water partition coefficient (Wildman–Crippen LogP) is 11.0. The van der Waals surface area contributed by atoms with E-state index in [2.05, 4.69) is 121 Å². The monoisotopic (exact) mass is 773 g/mol. The molecule has 0 N–H and O–H groups in total. The van der Waals surface area contributed by atoms with Gasteiger partial charge in [-0.05, 0) is 84.8 Å². The Kier molecular flexibility index (Phi) is 8.96. The topological polar surface area (TPSA) is 38.9 Å². The van der Waals surface area contributed by atoms with E-state index in [-0.39, 0.29) is 25.5 Å². The fourth-order valence-electron chi connectivity index (χ4n) is 5.50. The SMILES string of the molecule is Cc1c[c-]c(-c2cc(C)c(C)cn2)cc1.Cc1cc2cc3c(cc2s1)oc1c(-c2cc(C(C)(C)C)c(C)cn2)[c-]ccc13.[Ir]. The van der Waals surface area contributed by atoms with Crippen molar-refractivity contribution in [1.29, 1.82) is 0 Å². The van der Waals surface area contributed by atoms with Crippen molar-refractivity contribution in [1.82, 2.24) is 9.97 Å². The summed E-state index contributed by atoms with van der Waals surface area (Å²) in [6, 6.07) is 27.8. The molecule has 0 saturated carbocycles. The van der Waals surface area contributed by atoms with Crippen molar-refractivity contribution < 1.29 is 24.5 Å². The Balaban J connectivity index is 0.000000204. The zero-order valence-electron chi connectivity index (χ0n) is 26.5. The van der Waals surface area contributed by atoms with Gasteiger partial charge >= 0.3 is 0 Å². The molecule has 44 heavy (non-hydrogen) atoms. The number of hydrogen-bond acceptors (Lipinski definition) is 4. The molecule has 0 aliphatic rings. The van der Waals surface area contributed by atoms with E-state index in [0.29, 0.717) is 0 Å². The van der Waals surface area contributed by atoms with E-state index in [1.54, 1.807) is 11.3 Å². The first kappa shape index (κ1) is 31.8. The molecule has 5 heteroatoms. The largest absolute Gasteiger partial charge is 0.501 e. The molecule has 0 aliphatic carbocycles. The molecule has 225 valence electrons. The van der Waals surface area contributed by atoms with Crippen LogP contribution in [-0.2, 0) is 25.5 Å². The smallest absolute Gasteiger partial charge is 0.122 e. The molecule has 0 spiro atoms. The summed E-state index contributed by atoms with van der Waals surface area (Å²) in [5, 5.41) is 3.54. The number of hydrogen-bond donors (Lipinski definition) is 0. The van der Waals surface area contributed by atoms with Gasteiger partial charge in [-0.15, -0.1) is 64.9 Å². The van der Waals surface area contributed by atoms with Crippen LogP contribution in [0.3, 0.4) is 0 Å². The molecule has 0 fully saturated rings. The number of aryl methyl sites for hydroxylation is 5. The van der Waals surface area contributed by atoms with Crippen LogP contribution in [0.4, 0.5) is 0 Å². The Labute approximate surface area is 277 Å². The Hall–Kier alpha value is -3.63. The van der Waals surface area contributed by atoms with Gasteiger partial charge in [0, 0.05) is 47.5 Å². The van der Waals surface area contributed by atoms with Gasteiger partial charge < -0.3 is 14.4 Å². The second-order valence-corrected chi connectivity index (χ2v) is 13.8. The molecule has 1 radical (unpaired) electrons. The van der Waals surface area contributed by atoms with E-state index in [9.17, 15) is 0 Å². The second kappa shape index (κ2) is 12.4. The van der Waals surface area contributed by atoms with Crippen LogP contribution in [0.25, 0.3) is 54.5 Å². The van der Waals surface area contributed by atoms with Gasteiger partial charge in [-0.1, -0.05) is 56.3 Å². The van der Waals surface area contributed by atoms with Gasteiger partial charge in [-0.2, -0.15) is 0 Å². The summed E-state index contributed by atoms with van der Waals surface area (Å²) in [7, 11) is 0. The third kappa shape index (κ3) is 6.28. The molecule has 0 saturated heterocycles. The molecule has 4 aromatic heterocycles. The van der Waals surface area contributed by atoms with E-state index in [1.165, 1.54) is 42.8 Å². The van der Waals surface area contributed by atoms with Crippen LogP contribution in [-0.4, -0.2) is 9.97 Å². The van der Waals surface area contributed by atoms with E-state index >= 15 is 0 Å². The summed E-state index contributed by atoms with van der Waals surface area (Å²) in [6.45, 7) is 17.2. The predicted molar refractivity (Wildman–Crippen MR) is 182 cm³/mol. The maximum atomic E-state index is 6.35. The fraction of sp³-hybridized carbons (Fsp3) is 0.231. The minimum atomic E-state index is 0. The average molecular weight is 773 g/mol. The Bertz CT molecular complexity index is 2110. The molecular formula is C39H36IrN2OS-2. The van der Waals surface area contributed by atoms with E-state index in [4.69, 9.17) is 9.40 Å². The summed E-state index contributed by atoms with van der Waals surface area (Å²) in [5.41, 5.74) is 12.0. The van der Waals surface area contributed by atoms with Crippen LogP contribution in [0.15, 0.2) is 77.5 Å². The second-order valence-electron chi connectivity index (χ2n) is 12.5. The first-order chi connectivity index (χ1) is 20.5. The zero-order valence-corrected chi connectivity index (χ0v) is 29.7. The maximum Gasteiger partial charge on any atom is 0.122 e. The van der Waals surface area contributed by atoms with Crippen molar-refractivity contribution in [3.8, 4) is 22.5 Å². The molecule has 0 aliphatic heterocycles. The van der Waals surface area contributed by atoms with Crippen LogP contribution in [0.2, 0.25) is 0 Å². The van der Waals surface area contributed by atoms with Gasteiger partial charge in [0.1, 0.15) is 5.58 Å². The van der Waals surface area contributed by atoms with Crippen molar-refractivity contribution in [3.63, 3.8) is 0 Å². The van der Waals surface area contributed by atoms with Crippen molar-refractivity contribution in [3.05, 3.63) is 118 Å². The average Bonchev–Trinajstić information content (AvgIpc) is 3.52. The van der Waals surface area contributed by atoms with Gasteiger partial charge in [0.2, 0.25) is 0 Å². The summed E-state index contributed by atoms with van der Waals surface area (Å²) >= 11 is 1.80. The van der Waals surface area contributed by atoms with Gasteiger partial charge in [0.15, 0.2) is 0 Å². The molecule has 7 rings (SSSR count). The van der Waals surface area contributed by atoms with Crippen LogP contribution < -0.4 is 0 Å². The van der Waals surface area contributed by atoms with E-state index in [0.717, 1.165) is 44.5 Å². The summed E-state index contributed by atoms with van der Waals surface area (Å²) in [6.07, 6.45) is 3.88. The minimum Gasteiger partial charge on any atom is -0.501 e. The number of benzene rings is 3. The van der Waals surface area contributed by atoms with Crippen molar-refractivity contribution in [2.75, 3.05) is 0 Å².